The summed E-state index contributed by atoms with van der Waals surface area (Å²) in [5, 5.41) is 7.47. The number of guanidine groups is 1. The van der Waals surface area contributed by atoms with E-state index in [-0.39, 0.29) is 30.0 Å². The number of ether oxygens (including phenoxy) is 1. The molecule has 2 aromatic rings. The van der Waals surface area contributed by atoms with Gasteiger partial charge in [-0.3, -0.25) is 4.99 Å². The van der Waals surface area contributed by atoms with Gasteiger partial charge in [0.2, 0.25) is 0 Å². The van der Waals surface area contributed by atoms with E-state index in [2.05, 4.69) is 46.8 Å². The zero-order valence-corrected chi connectivity index (χ0v) is 19.3. The SMILES string of the molecule is CN=C(NCc1ccccc1OC)NCC(c1ccc(Cl)cc1)N(C)C.I. The molecule has 0 saturated heterocycles. The van der Waals surface area contributed by atoms with Crippen molar-refractivity contribution in [3.63, 3.8) is 0 Å². The number of nitrogens with zero attached hydrogens (tertiary/aromatic N) is 2. The first-order valence-corrected chi connectivity index (χ1v) is 8.91. The largest absolute Gasteiger partial charge is 0.496 e. The Hall–Kier alpha value is -1.51. The molecule has 0 amide bonds. The number of nitrogens with one attached hydrogen (secondary N) is 2. The molecule has 7 heteroatoms. The Kier molecular flexibility index (Phi) is 10.5. The van der Waals surface area contributed by atoms with Crippen molar-refractivity contribution in [1.29, 1.82) is 0 Å². The van der Waals surface area contributed by atoms with Crippen molar-refractivity contribution in [3.8, 4) is 5.75 Å². The highest BCUT2D eigenvalue weighted by Crippen LogP contribution is 2.20. The molecule has 148 valence electrons. The van der Waals surface area contributed by atoms with Gasteiger partial charge in [-0.15, -0.1) is 24.0 Å². The maximum Gasteiger partial charge on any atom is 0.191 e. The van der Waals surface area contributed by atoms with E-state index in [4.69, 9.17) is 16.3 Å². The number of halogens is 2. The van der Waals surface area contributed by atoms with Crippen LogP contribution in [0.1, 0.15) is 17.2 Å². The minimum Gasteiger partial charge on any atom is -0.496 e. The summed E-state index contributed by atoms with van der Waals surface area (Å²) < 4.78 is 5.39. The summed E-state index contributed by atoms with van der Waals surface area (Å²) in [5.41, 5.74) is 2.28. The first-order valence-electron chi connectivity index (χ1n) is 8.53. The van der Waals surface area contributed by atoms with E-state index >= 15 is 0 Å². The summed E-state index contributed by atoms with van der Waals surface area (Å²) in [7, 11) is 7.57. The van der Waals surface area contributed by atoms with Crippen LogP contribution in [0.2, 0.25) is 5.02 Å². The van der Waals surface area contributed by atoms with Gasteiger partial charge < -0.3 is 20.3 Å². The summed E-state index contributed by atoms with van der Waals surface area (Å²) in [6.45, 7) is 1.36. The zero-order chi connectivity index (χ0) is 18.9. The minimum atomic E-state index is 0. The van der Waals surface area contributed by atoms with Crippen molar-refractivity contribution >= 4 is 41.5 Å². The number of para-hydroxylation sites is 1. The second-order valence-corrected chi connectivity index (χ2v) is 6.59. The third kappa shape index (κ3) is 7.20. The van der Waals surface area contributed by atoms with Crippen LogP contribution in [-0.2, 0) is 6.54 Å². The Morgan fingerprint density at radius 1 is 1.11 bits per heavy atom. The van der Waals surface area contributed by atoms with Gasteiger partial charge in [0.15, 0.2) is 5.96 Å². The van der Waals surface area contributed by atoms with Crippen LogP contribution in [0.25, 0.3) is 0 Å². The fraction of sp³-hybridized carbons (Fsp3) is 0.350. The van der Waals surface area contributed by atoms with E-state index in [1.165, 1.54) is 5.56 Å². The first kappa shape index (κ1) is 23.5. The molecule has 0 aromatic heterocycles. The second kappa shape index (κ2) is 12.0. The number of rotatable bonds is 7. The van der Waals surface area contributed by atoms with Crippen molar-refractivity contribution < 1.29 is 4.74 Å². The van der Waals surface area contributed by atoms with Gasteiger partial charge in [-0.1, -0.05) is 41.9 Å². The molecular weight excluding hydrogens is 475 g/mol. The Morgan fingerprint density at radius 2 is 1.78 bits per heavy atom. The summed E-state index contributed by atoms with van der Waals surface area (Å²) in [5.74, 6) is 1.61. The molecule has 2 N–H and O–H groups in total. The Balaban J connectivity index is 0.00000364. The topological polar surface area (TPSA) is 48.9 Å². The standard InChI is InChI=1S/C20H27ClN4O.HI/c1-22-20(23-13-16-7-5-6-8-19(16)26-4)24-14-18(25(2)3)15-9-11-17(21)12-10-15;/h5-12,18H,13-14H2,1-4H3,(H2,22,23,24);1H. The monoisotopic (exact) mass is 502 g/mol. The Bertz CT molecular complexity index is 722. The van der Waals surface area contributed by atoms with Crippen molar-refractivity contribution in [2.75, 3.05) is 34.8 Å². The van der Waals surface area contributed by atoms with Gasteiger partial charge in [0, 0.05) is 30.7 Å². The fourth-order valence-corrected chi connectivity index (χ4v) is 2.85. The number of aliphatic imine (C=N–C) groups is 1. The van der Waals surface area contributed by atoms with Crippen LogP contribution in [0.5, 0.6) is 5.75 Å². The molecule has 0 aliphatic rings. The first-order chi connectivity index (χ1) is 12.5. The van der Waals surface area contributed by atoms with Gasteiger partial charge >= 0.3 is 0 Å². The van der Waals surface area contributed by atoms with Crippen LogP contribution in [0.3, 0.4) is 0 Å². The molecule has 0 spiro atoms. The number of hydrogen-bond donors (Lipinski definition) is 2. The highest BCUT2D eigenvalue weighted by Gasteiger charge is 2.14. The van der Waals surface area contributed by atoms with Crippen molar-refractivity contribution in [3.05, 3.63) is 64.7 Å². The van der Waals surface area contributed by atoms with Crippen molar-refractivity contribution in [2.45, 2.75) is 12.6 Å². The highest BCUT2D eigenvalue weighted by molar-refractivity contribution is 14.0. The van der Waals surface area contributed by atoms with E-state index < -0.39 is 0 Å². The van der Waals surface area contributed by atoms with Crippen molar-refractivity contribution in [1.82, 2.24) is 15.5 Å². The van der Waals surface area contributed by atoms with E-state index in [0.717, 1.165) is 28.8 Å². The summed E-state index contributed by atoms with van der Waals surface area (Å²) in [6, 6.07) is 16.1. The number of methoxy groups -OCH3 is 1. The van der Waals surface area contributed by atoms with Crippen LogP contribution in [-0.4, -0.2) is 45.7 Å². The predicted octanol–water partition coefficient (Wildman–Crippen LogP) is 3.93. The lowest BCUT2D eigenvalue weighted by atomic mass is 10.1. The van der Waals surface area contributed by atoms with Crippen LogP contribution in [0.15, 0.2) is 53.5 Å². The molecule has 0 saturated carbocycles. The van der Waals surface area contributed by atoms with E-state index in [1.807, 2.05) is 36.4 Å². The molecule has 2 aromatic carbocycles. The molecule has 0 heterocycles. The molecule has 0 radical (unpaired) electrons. The van der Waals surface area contributed by atoms with E-state index in [1.54, 1.807) is 14.2 Å². The Labute approximate surface area is 184 Å². The lowest BCUT2D eigenvalue weighted by Gasteiger charge is -2.26. The molecule has 0 bridgehead atoms. The molecule has 0 fully saturated rings. The maximum absolute atomic E-state index is 6.00. The van der Waals surface area contributed by atoms with Crippen LogP contribution in [0.4, 0.5) is 0 Å². The average Bonchev–Trinajstić information content (AvgIpc) is 2.65. The minimum absolute atomic E-state index is 0. The average molecular weight is 503 g/mol. The number of likely N-dealkylation sites (N-methyl/N-ethyl adjacent to an activating group) is 1. The number of benzene rings is 2. The molecule has 1 atom stereocenters. The van der Waals surface area contributed by atoms with Gasteiger partial charge in [-0.25, -0.2) is 0 Å². The summed E-state index contributed by atoms with van der Waals surface area (Å²) in [6.07, 6.45) is 0. The van der Waals surface area contributed by atoms with Gasteiger partial charge in [0.1, 0.15) is 5.75 Å². The third-order valence-electron chi connectivity index (χ3n) is 4.20. The molecule has 1 unspecified atom stereocenters. The maximum atomic E-state index is 6.00. The zero-order valence-electron chi connectivity index (χ0n) is 16.2. The van der Waals surface area contributed by atoms with Gasteiger partial charge in [-0.2, -0.15) is 0 Å². The van der Waals surface area contributed by atoms with Crippen molar-refractivity contribution in [2.24, 2.45) is 4.99 Å². The van der Waals surface area contributed by atoms with Crippen LogP contribution < -0.4 is 15.4 Å². The summed E-state index contributed by atoms with van der Waals surface area (Å²) >= 11 is 6.00. The fourth-order valence-electron chi connectivity index (χ4n) is 2.73. The highest BCUT2D eigenvalue weighted by atomic mass is 127. The van der Waals surface area contributed by atoms with Gasteiger partial charge in [0.05, 0.1) is 13.2 Å². The molecule has 5 nitrogen and oxygen atoms in total. The molecule has 2 rings (SSSR count). The molecule has 27 heavy (non-hydrogen) atoms. The Morgan fingerprint density at radius 3 is 2.37 bits per heavy atom. The lowest BCUT2D eigenvalue weighted by Crippen LogP contribution is -2.41. The van der Waals surface area contributed by atoms with E-state index in [0.29, 0.717) is 6.54 Å². The molecule has 0 aliphatic heterocycles. The smallest absolute Gasteiger partial charge is 0.191 e. The van der Waals surface area contributed by atoms with Crippen LogP contribution >= 0.6 is 35.6 Å². The molecule has 0 aliphatic carbocycles. The third-order valence-corrected chi connectivity index (χ3v) is 4.46. The summed E-state index contributed by atoms with van der Waals surface area (Å²) in [4.78, 5) is 6.48. The lowest BCUT2D eigenvalue weighted by molar-refractivity contribution is 0.298. The predicted molar refractivity (Wildman–Crippen MR) is 124 cm³/mol. The van der Waals surface area contributed by atoms with Gasteiger partial charge in [-0.05, 0) is 37.9 Å². The van der Waals surface area contributed by atoms with Gasteiger partial charge in [0.25, 0.3) is 0 Å². The second-order valence-electron chi connectivity index (χ2n) is 6.15. The van der Waals surface area contributed by atoms with Crippen LogP contribution in [0, 0.1) is 0 Å². The normalized spacial score (nSPS) is 12.3. The quantitative estimate of drug-likeness (QED) is 0.342. The van der Waals surface area contributed by atoms with E-state index in [9.17, 15) is 0 Å². The molecular formula is C20H28ClIN4O. The number of hydrogen-bond acceptors (Lipinski definition) is 3.